The molecule has 22 heavy (non-hydrogen) atoms. The predicted molar refractivity (Wildman–Crippen MR) is 86.8 cm³/mol. The Morgan fingerprint density at radius 2 is 2.32 bits per heavy atom. The third kappa shape index (κ3) is 3.17. The van der Waals surface area contributed by atoms with Crippen molar-refractivity contribution in [3.8, 4) is 5.75 Å². The Bertz CT molecular complexity index is 806. The van der Waals surface area contributed by atoms with Crippen LogP contribution in [0.5, 0.6) is 5.75 Å². The lowest BCUT2D eigenvalue weighted by Crippen LogP contribution is -2.16. The van der Waals surface area contributed by atoms with E-state index < -0.39 is 0 Å². The van der Waals surface area contributed by atoms with Crippen LogP contribution in [0, 0.1) is 0 Å². The largest absolute Gasteiger partial charge is 0.494 e. The number of rotatable bonds is 5. The smallest absolute Gasteiger partial charge is 0.307 e. The maximum atomic E-state index is 12.0. The first kappa shape index (κ1) is 14.3. The van der Waals surface area contributed by atoms with Crippen LogP contribution < -0.4 is 10.2 Å². The zero-order valence-corrected chi connectivity index (χ0v) is 12.7. The van der Waals surface area contributed by atoms with E-state index in [1.807, 2.05) is 35.9 Å². The van der Waals surface area contributed by atoms with E-state index in [0.29, 0.717) is 12.2 Å². The summed E-state index contributed by atoms with van der Waals surface area (Å²) < 4.78 is 10.9. The summed E-state index contributed by atoms with van der Waals surface area (Å²) in [5.74, 6) is 0.574. The van der Waals surface area contributed by atoms with E-state index in [2.05, 4.69) is 10.5 Å². The number of carbonyl (C=O) groups is 1. The van der Waals surface area contributed by atoms with Gasteiger partial charge in [0.2, 0.25) is 0 Å². The number of furan rings is 1. The molecule has 0 saturated carbocycles. The summed E-state index contributed by atoms with van der Waals surface area (Å²) in [7, 11) is 0. The number of ether oxygens (including phenoxy) is 1. The van der Waals surface area contributed by atoms with Gasteiger partial charge in [-0.1, -0.05) is 0 Å². The monoisotopic (exact) mass is 314 g/mol. The van der Waals surface area contributed by atoms with Crippen molar-refractivity contribution in [1.82, 2.24) is 5.43 Å². The minimum absolute atomic E-state index is 0.214. The molecule has 1 aromatic carbocycles. The highest BCUT2D eigenvalue weighted by Gasteiger charge is 2.12. The van der Waals surface area contributed by atoms with Gasteiger partial charge in [-0.3, -0.25) is 4.79 Å². The van der Waals surface area contributed by atoms with Crippen LogP contribution in [0.15, 0.2) is 50.6 Å². The molecule has 2 heterocycles. The van der Waals surface area contributed by atoms with Crippen LogP contribution in [0.1, 0.15) is 23.0 Å². The summed E-state index contributed by atoms with van der Waals surface area (Å²) in [5, 5.41) is 8.60. The molecule has 1 N–H and O–H groups in total. The maximum Gasteiger partial charge on any atom is 0.307 e. The van der Waals surface area contributed by atoms with Crippen molar-refractivity contribution in [1.29, 1.82) is 0 Å². The summed E-state index contributed by atoms with van der Waals surface area (Å²) >= 11 is 1.57. The number of nitrogens with zero attached hydrogens (tertiary/aromatic N) is 1. The Kier molecular flexibility index (Phi) is 4.20. The topological polar surface area (TPSA) is 63.8 Å². The maximum absolute atomic E-state index is 12.0. The summed E-state index contributed by atoms with van der Waals surface area (Å²) in [5.41, 5.74) is 4.02. The second-order valence-corrected chi connectivity index (χ2v) is 5.28. The predicted octanol–water partition coefficient (Wildman–Crippen LogP) is 3.66. The average molecular weight is 314 g/mol. The molecule has 0 aliphatic carbocycles. The lowest BCUT2D eigenvalue weighted by atomic mass is 10.2. The van der Waals surface area contributed by atoms with Gasteiger partial charge in [0.1, 0.15) is 11.3 Å². The molecule has 0 unspecified atom stereocenters. The number of nitrogens with one attached hydrogen (secondary N) is 1. The zero-order valence-electron chi connectivity index (χ0n) is 11.9. The average Bonchev–Trinajstić information content (AvgIpc) is 3.16. The van der Waals surface area contributed by atoms with Crippen LogP contribution in [0.3, 0.4) is 0 Å². The van der Waals surface area contributed by atoms with Crippen LogP contribution in [0.4, 0.5) is 0 Å². The van der Waals surface area contributed by atoms with Gasteiger partial charge >= 0.3 is 5.91 Å². The van der Waals surface area contributed by atoms with E-state index >= 15 is 0 Å². The standard InChI is InChI=1S/C16H14N2O3S/c1-2-20-13-3-4-14-12(7-13)8-15(21-14)16(19)18-17-9-11-5-6-22-10-11/h3-10H,2H2,1H3,(H,18,19)/b17-9+. The Labute approximate surface area is 131 Å². The fourth-order valence-corrected chi connectivity index (χ4v) is 2.57. The van der Waals surface area contributed by atoms with Crippen molar-refractivity contribution in [2.45, 2.75) is 6.92 Å². The van der Waals surface area contributed by atoms with Crippen LogP contribution >= 0.6 is 11.3 Å². The van der Waals surface area contributed by atoms with Crippen LogP contribution in [-0.4, -0.2) is 18.7 Å². The fourth-order valence-electron chi connectivity index (χ4n) is 1.96. The van der Waals surface area contributed by atoms with Gasteiger partial charge in [-0.05, 0) is 48.0 Å². The molecule has 6 heteroatoms. The first-order valence-corrected chi connectivity index (χ1v) is 7.72. The highest BCUT2D eigenvalue weighted by molar-refractivity contribution is 7.08. The second kappa shape index (κ2) is 6.44. The molecule has 112 valence electrons. The normalized spacial score (nSPS) is 11.1. The molecule has 0 radical (unpaired) electrons. The van der Waals surface area contributed by atoms with Gasteiger partial charge in [0.05, 0.1) is 12.8 Å². The molecule has 3 aromatic rings. The van der Waals surface area contributed by atoms with E-state index in [0.717, 1.165) is 16.7 Å². The molecule has 0 aliphatic rings. The number of carbonyl (C=O) groups excluding carboxylic acids is 1. The molecule has 1 amide bonds. The fraction of sp³-hybridized carbons (Fsp3) is 0.125. The van der Waals surface area contributed by atoms with Crippen molar-refractivity contribution < 1.29 is 13.9 Å². The quantitative estimate of drug-likeness (QED) is 0.577. The minimum atomic E-state index is -0.388. The molecule has 0 aliphatic heterocycles. The van der Waals surface area contributed by atoms with Gasteiger partial charge in [0.25, 0.3) is 0 Å². The summed E-state index contributed by atoms with van der Waals surface area (Å²) in [6.07, 6.45) is 1.59. The first-order valence-electron chi connectivity index (χ1n) is 6.78. The third-order valence-electron chi connectivity index (χ3n) is 2.95. The van der Waals surface area contributed by atoms with E-state index in [4.69, 9.17) is 9.15 Å². The van der Waals surface area contributed by atoms with Crippen molar-refractivity contribution in [2.24, 2.45) is 5.10 Å². The van der Waals surface area contributed by atoms with Crippen LogP contribution in [0.25, 0.3) is 11.0 Å². The Hall–Kier alpha value is -2.60. The van der Waals surface area contributed by atoms with Gasteiger partial charge in [0.15, 0.2) is 5.76 Å². The second-order valence-electron chi connectivity index (χ2n) is 4.50. The van der Waals surface area contributed by atoms with Crippen LogP contribution in [0.2, 0.25) is 0 Å². The minimum Gasteiger partial charge on any atom is -0.494 e. The lowest BCUT2D eigenvalue weighted by Gasteiger charge is -2.00. The number of amides is 1. The van der Waals surface area contributed by atoms with Crippen molar-refractivity contribution in [3.05, 3.63) is 52.4 Å². The lowest BCUT2D eigenvalue weighted by molar-refractivity contribution is 0.0929. The van der Waals surface area contributed by atoms with Crippen molar-refractivity contribution in [3.63, 3.8) is 0 Å². The van der Waals surface area contributed by atoms with Gasteiger partial charge in [-0.25, -0.2) is 5.43 Å². The van der Waals surface area contributed by atoms with E-state index in [1.165, 1.54) is 0 Å². The number of fused-ring (bicyclic) bond motifs is 1. The Balaban J connectivity index is 1.73. The summed E-state index contributed by atoms with van der Waals surface area (Å²) in [6.45, 7) is 2.51. The highest BCUT2D eigenvalue weighted by atomic mass is 32.1. The number of hydrogen-bond donors (Lipinski definition) is 1. The molecular formula is C16H14N2O3S. The summed E-state index contributed by atoms with van der Waals surface area (Å²) in [4.78, 5) is 12.0. The van der Waals surface area contributed by atoms with Gasteiger partial charge in [0, 0.05) is 10.9 Å². The number of hydrazone groups is 1. The molecule has 0 fully saturated rings. The SMILES string of the molecule is CCOc1ccc2oc(C(=O)N/N=C/c3ccsc3)cc2c1. The molecule has 0 bridgehead atoms. The molecule has 5 nitrogen and oxygen atoms in total. The van der Waals surface area contributed by atoms with E-state index in [1.54, 1.807) is 29.7 Å². The first-order chi connectivity index (χ1) is 10.8. The number of benzene rings is 1. The van der Waals surface area contributed by atoms with Crippen molar-refractivity contribution in [2.75, 3.05) is 6.61 Å². The highest BCUT2D eigenvalue weighted by Crippen LogP contribution is 2.24. The molecule has 0 saturated heterocycles. The Morgan fingerprint density at radius 3 is 3.09 bits per heavy atom. The zero-order chi connectivity index (χ0) is 15.4. The molecule has 2 aromatic heterocycles. The van der Waals surface area contributed by atoms with Gasteiger partial charge < -0.3 is 9.15 Å². The third-order valence-corrected chi connectivity index (χ3v) is 3.65. The van der Waals surface area contributed by atoms with Gasteiger partial charge in [-0.2, -0.15) is 16.4 Å². The van der Waals surface area contributed by atoms with Crippen molar-refractivity contribution >= 4 is 34.4 Å². The molecule has 0 spiro atoms. The van der Waals surface area contributed by atoms with E-state index in [-0.39, 0.29) is 11.7 Å². The summed E-state index contributed by atoms with van der Waals surface area (Å²) in [6, 6.07) is 9.02. The molecule has 0 atom stereocenters. The van der Waals surface area contributed by atoms with Crippen LogP contribution in [-0.2, 0) is 0 Å². The molecular weight excluding hydrogens is 300 g/mol. The number of thiophene rings is 1. The van der Waals surface area contributed by atoms with E-state index in [9.17, 15) is 4.79 Å². The number of hydrogen-bond acceptors (Lipinski definition) is 5. The molecule has 3 rings (SSSR count). The Morgan fingerprint density at radius 1 is 1.41 bits per heavy atom. The van der Waals surface area contributed by atoms with Gasteiger partial charge in [-0.15, -0.1) is 0 Å².